The normalized spacial score (nSPS) is 35.1. The summed E-state index contributed by atoms with van der Waals surface area (Å²) in [5.74, 6) is 2.54. The van der Waals surface area contributed by atoms with Crippen LogP contribution in [0.5, 0.6) is 0 Å². The Balaban J connectivity index is 1.16. The molecule has 1 heterocycles. The average molecular weight is 446 g/mol. The number of piperidine rings is 1. The number of rotatable bonds is 5. The Morgan fingerprint density at radius 3 is 2.29 bits per heavy atom. The van der Waals surface area contributed by atoms with E-state index in [2.05, 4.69) is 10.6 Å². The van der Waals surface area contributed by atoms with Crippen molar-refractivity contribution in [3.63, 3.8) is 0 Å². The maximum absolute atomic E-state index is 13.0. The van der Waals surface area contributed by atoms with Crippen LogP contribution in [-0.2, 0) is 10.0 Å². The van der Waals surface area contributed by atoms with E-state index >= 15 is 0 Å². The molecule has 0 aromatic heterocycles. The van der Waals surface area contributed by atoms with E-state index < -0.39 is 10.0 Å². The van der Waals surface area contributed by atoms with Crippen molar-refractivity contribution in [2.24, 2.45) is 23.7 Å². The smallest absolute Gasteiger partial charge is 0.315 e. The number of carbonyl (C=O) groups is 1. The Hall–Kier alpha value is -1.60. The van der Waals surface area contributed by atoms with Gasteiger partial charge in [0.25, 0.3) is 0 Å². The summed E-state index contributed by atoms with van der Waals surface area (Å²) in [6, 6.07) is 6.98. The maximum atomic E-state index is 13.0. The molecule has 1 aromatic carbocycles. The molecule has 1 aliphatic heterocycles. The second kappa shape index (κ2) is 8.07. The van der Waals surface area contributed by atoms with E-state index in [1.807, 2.05) is 19.1 Å². The summed E-state index contributed by atoms with van der Waals surface area (Å²) >= 11 is 0. The Morgan fingerprint density at radius 2 is 1.68 bits per heavy atom. The molecule has 4 saturated carbocycles. The van der Waals surface area contributed by atoms with Crippen LogP contribution in [0.1, 0.15) is 56.9 Å². The van der Waals surface area contributed by atoms with Crippen LogP contribution >= 0.6 is 0 Å². The molecule has 31 heavy (non-hydrogen) atoms. The standard InChI is InChI=1S/C24H35N3O3S/c1-17-4-6-22(7-5-17)31(29,30)27-8-2-3-18(16-27)15-25-23(28)26-24-12-19-9-20(13-24)11-21(10-19)14-24/h4-7,18-21H,2-3,8-16H2,1H3,(H2,25,26,28). The van der Waals surface area contributed by atoms with Crippen molar-refractivity contribution >= 4 is 16.1 Å². The molecule has 6 nitrogen and oxygen atoms in total. The maximum Gasteiger partial charge on any atom is 0.315 e. The molecule has 7 heteroatoms. The Morgan fingerprint density at radius 1 is 1.06 bits per heavy atom. The second-order valence-corrected chi connectivity index (χ2v) is 12.7. The molecule has 4 aliphatic carbocycles. The van der Waals surface area contributed by atoms with Gasteiger partial charge in [-0.1, -0.05) is 17.7 Å². The highest BCUT2D eigenvalue weighted by atomic mass is 32.2. The van der Waals surface area contributed by atoms with Gasteiger partial charge in [0.2, 0.25) is 10.0 Å². The van der Waals surface area contributed by atoms with Crippen molar-refractivity contribution < 1.29 is 13.2 Å². The highest BCUT2D eigenvalue weighted by Gasteiger charge is 2.51. The van der Waals surface area contributed by atoms with Crippen molar-refractivity contribution in [1.82, 2.24) is 14.9 Å². The molecule has 1 aromatic rings. The first kappa shape index (κ1) is 21.3. The van der Waals surface area contributed by atoms with Crippen LogP contribution < -0.4 is 10.6 Å². The van der Waals surface area contributed by atoms with Gasteiger partial charge in [-0.05, 0) is 94.1 Å². The highest BCUT2D eigenvalue weighted by molar-refractivity contribution is 7.89. The number of hydrogen-bond donors (Lipinski definition) is 2. The lowest BCUT2D eigenvalue weighted by atomic mass is 9.53. The number of benzene rings is 1. The van der Waals surface area contributed by atoms with Gasteiger partial charge in [-0.15, -0.1) is 0 Å². The van der Waals surface area contributed by atoms with Crippen molar-refractivity contribution in [3.8, 4) is 0 Å². The monoisotopic (exact) mass is 445 g/mol. The number of sulfonamides is 1. The van der Waals surface area contributed by atoms with Crippen LogP contribution in [0.15, 0.2) is 29.2 Å². The number of amides is 2. The minimum atomic E-state index is -3.48. The minimum absolute atomic E-state index is 0.00616. The van der Waals surface area contributed by atoms with Crippen molar-refractivity contribution in [1.29, 1.82) is 0 Å². The zero-order chi connectivity index (χ0) is 21.6. The van der Waals surface area contributed by atoms with E-state index in [1.54, 1.807) is 16.4 Å². The first-order chi connectivity index (χ1) is 14.8. The summed E-state index contributed by atoms with van der Waals surface area (Å²) in [6.45, 7) is 3.49. The van der Waals surface area contributed by atoms with Gasteiger partial charge in [0.05, 0.1) is 4.90 Å². The van der Waals surface area contributed by atoms with Crippen LogP contribution in [-0.4, -0.2) is 43.9 Å². The average Bonchev–Trinajstić information content (AvgIpc) is 2.71. The lowest BCUT2D eigenvalue weighted by Crippen LogP contribution is -2.61. The van der Waals surface area contributed by atoms with E-state index in [1.165, 1.54) is 19.3 Å². The molecule has 5 aliphatic rings. The molecule has 170 valence electrons. The Bertz CT molecular complexity index is 893. The fourth-order valence-corrected chi connectivity index (χ4v) is 8.61. The fourth-order valence-electron chi connectivity index (χ4n) is 7.06. The van der Waals surface area contributed by atoms with Gasteiger partial charge >= 0.3 is 6.03 Å². The summed E-state index contributed by atoms with van der Waals surface area (Å²) in [4.78, 5) is 13.1. The van der Waals surface area contributed by atoms with E-state index in [9.17, 15) is 13.2 Å². The topological polar surface area (TPSA) is 78.5 Å². The van der Waals surface area contributed by atoms with Gasteiger partial charge in [0.1, 0.15) is 0 Å². The third-order valence-corrected chi connectivity index (χ3v) is 9.99. The van der Waals surface area contributed by atoms with E-state index in [4.69, 9.17) is 0 Å². The Kier molecular flexibility index (Phi) is 5.53. The van der Waals surface area contributed by atoms with E-state index in [0.29, 0.717) is 24.5 Å². The zero-order valence-corrected chi connectivity index (χ0v) is 19.3. The largest absolute Gasteiger partial charge is 0.338 e. The molecule has 0 spiro atoms. The Labute approximate surface area is 186 Å². The first-order valence-corrected chi connectivity index (χ1v) is 13.4. The number of urea groups is 1. The van der Waals surface area contributed by atoms with Gasteiger partial charge in [-0.3, -0.25) is 0 Å². The molecule has 4 bridgehead atoms. The molecule has 6 rings (SSSR count). The second-order valence-electron chi connectivity index (χ2n) is 10.7. The molecule has 1 saturated heterocycles. The summed E-state index contributed by atoms with van der Waals surface area (Å²) in [7, 11) is -3.48. The van der Waals surface area contributed by atoms with Gasteiger partial charge in [-0.2, -0.15) is 4.31 Å². The number of aryl methyl sites for hydroxylation is 1. The lowest BCUT2D eigenvalue weighted by Gasteiger charge is -2.56. The number of carbonyl (C=O) groups excluding carboxylic acids is 1. The first-order valence-electron chi connectivity index (χ1n) is 11.9. The number of nitrogens with one attached hydrogen (secondary N) is 2. The van der Waals surface area contributed by atoms with Crippen LogP contribution in [0.25, 0.3) is 0 Å². The van der Waals surface area contributed by atoms with Crippen LogP contribution in [0.3, 0.4) is 0 Å². The van der Waals surface area contributed by atoms with Gasteiger partial charge in [0, 0.05) is 25.2 Å². The SMILES string of the molecule is Cc1ccc(S(=O)(=O)N2CCCC(CNC(=O)NC34CC5CC(CC(C5)C3)C4)C2)cc1. The molecule has 0 radical (unpaired) electrons. The number of nitrogens with zero attached hydrogens (tertiary/aromatic N) is 1. The summed E-state index contributed by atoms with van der Waals surface area (Å²) in [6.07, 6.45) is 9.25. The van der Waals surface area contributed by atoms with Crippen LogP contribution in [0.2, 0.25) is 0 Å². The highest BCUT2D eigenvalue weighted by Crippen LogP contribution is 2.55. The van der Waals surface area contributed by atoms with Crippen LogP contribution in [0.4, 0.5) is 4.79 Å². The van der Waals surface area contributed by atoms with Crippen molar-refractivity contribution in [2.45, 2.75) is 68.7 Å². The summed E-state index contributed by atoms with van der Waals surface area (Å²) < 4.78 is 27.6. The molecule has 2 amide bonds. The molecule has 5 fully saturated rings. The molecular formula is C24H35N3O3S. The summed E-state index contributed by atoms with van der Waals surface area (Å²) in [5, 5.41) is 6.43. The van der Waals surface area contributed by atoms with Crippen molar-refractivity contribution in [3.05, 3.63) is 29.8 Å². The third-order valence-electron chi connectivity index (χ3n) is 8.11. The predicted molar refractivity (Wildman–Crippen MR) is 120 cm³/mol. The van der Waals surface area contributed by atoms with Gasteiger partial charge in [0.15, 0.2) is 0 Å². The van der Waals surface area contributed by atoms with Gasteiger partial charge in [-0.25, -0.2) is 13.2 Å². The number of hydrogen-bond acceptors (Lipinski definition) is 3. The van der Waals surface area contributed by atoms with E-state index in [-0.39, 0.29) is 17.5 Å². The molecular weight excluding hydrogens is 410 g/mol. The summed E-state index contributed by atoms with van der Waals surface area (Å²) in [5.41, 5.74) is 1.05. The van der Waals surface area contributed by atoms with Crippen LogP contribution in [0, 0.1) is 30.6 Å². The predicted octanol–water partition coefficient (Wildman–Crippen LogP) is 3.66. The fraction of sp³-hybridized carbons (Fsp3) is 0.708. The minimum Gasteiger partial charge on any atom is -0.338 e. The van der Waals surface area contributed by atoms with Crippen molar-refractivity contribution in [2.75, 3.05) is 19.6 Å². The lowest BCUT2D eigenvalue weighted by molar-refractivity contribution is -0.0135. The van der Waals surface area contributed by atoms with E-state index in [0.717, 1.165) is 55.4 Å². The van der Waals surface area contributed by atoms with Gasteiger partial charge < -0.3 is 10.6 Å². The third kappa shape index (κ3) is 4.36. The molecule has 2 N–H and O–H groups in total. The molecule has 1 unspecified atom stereocenters. The molecule has 1 atom stereocenters. The zero-order valence-electron chi connectivity index (χ0n) is 18.5. The quantitative estimate of drug-likeness (QED) is 0.726.